The van der Waals surface area contributed by atoms with E-state index in [2.05, 4.69) is 29.1 Å². The van der Waals surface area contributed by atoms with Crippen LogP contribution in [0.25, 0.3) is 0 Å². The molecule has 0 bridgehead atoms. The minimum absolute atomic E-state index is 0.0315. The van der Waals surface area contributed by atoms with Crippen LogP contribution in [0, 0.1) is 6.92 Å². The fraction of sp³-hybridized carbons (Fsp3) is 0.500. The van der Waals surface area contributed by atoms with E-state index in [0.717, 1.165) is 6.54 Å². The third-order valence-electron chi connectivity index (χ3n) is 3.22. The molecule has 0 saturated heterocycles. The number of carbonyl (C=O) groups is 2. The van der Waals surface area contributed by atoms with Gasteiger partial charge in [-0.3, -0.25) is 14.5 Å². The molecule has 0 spiro atoms. The van der Waals surface area contributed by atoms with Gasteiger partial charge in [0.05, 0.1) is 13.7 Å². The predicted molar refractivity (Wildman–Crippen MR) is 81.8 cm³/mol. The number of aryl methyl sites for hydroxylation is 1. The fourth-order valence-electron chi connectivity index (χ4n) is 2.00. The van der Waals surface area contributed by atoms with Gasteiger partial charge in [0.1, 0.15) is 0 Å². The lowest BCUT2D eigenvalue weighted by Crippen LogP contribution is -2.35. The first kappa shape index (κ1) is 17.2. The molecule has 0 aromatic heterocycles. The van der Waals surface area contributed by atoms with Crippen molar-refractivity contribution >= 4 is 11.9 Å². The molecule has 1 aromatic rings. The zero-order valence-electron chi connectivity index (χ0n) is 13.0. The van der Waals surface area contributed by atoms with Gasteiger partial charge < -0.3 is 10.1 Å². The molecule has 0 atom stereocenters. The number of rotatable bonds is 8. The average molecular weight is 292 g/mol. The van der Waals surface area contributed by atoms with E-state index < -0.39 is 0 Å². The minimum atomic E-state index is -0.249. The highest BCUT2D eigenvalue weighted by Crippen LogP contribution is 2.08. The van der Waals surface area contributed by atoms with Gasteiger partial charge in [-0.15, -0.1) is 0 Å². The number of likely N-dealkylation sites (N-methyl/N-ethyl adjacent to an activating group) is 1. The first-order valence-corrected chi connectivity index (χ1v) is 7.09. The number of nitrogens with zero attached hydrogens (tertiary/aromatic N) is 1. The number of benzene rings is 1. The molecule has 1 N–H and O–H groups in total. The molecule has 0 heterocycles. The standard InChI is InChI=1S/C16H24N2O3/c1-13-7-4-5-8-14(13)11-18(2)12-15(19)17-10-6-9-16(20)21-3/h4-5,7-8H,6,9-12H2,1-3H3,(H,17,19). The van der Waals surface area contributed by atoms with E-state index in [9.17, 15) is 9.59 Å². The predicted octanol–water partition coefficient (Wildman–Crippen LogP) is 1.50. The van der Waals surface area contributed by atoms with Crippen LogP contribution in [-0.2, 0) is 20.9 Å². The van der Waals surface area contributed by atoms with Crippen molar-refractivity contribution in [1.82, 2.24) is 10.2 Å². The lowest BCUT2D eigenvalue weighted by atomic mass is 10.1. The lowest BCUT2D eigenvalue weighted by Gasteiger charge is -2.17. The Morgan fingerprint density at radius 2 is 2.00 bits per heavy atom. The smallest absolute Gasteiger partial charge is 0.305 e. The van der Waals surface area contributed by atoms with Gasteiger partial charge in [-0.2, -0.15) is 0 Å². The summed E-state index contributed by atoms with van der Waals surface area (Å²) in [5.41, 5.74) is 2.45. The van der Waals surface area contributed by atoms with Crippen molar-refractivity contribution in [1.29, 1.82) is 0 Å². The largest absolute Gasteiger partial charge is 0.469 e. The van der Waals surface area contributed by atoms with Gasteiger partial charge in [0.15, 0.2) is 0 Å². The van der Waals surface area contributed by atoms with Crippen LogP contribution in [-0.4, -0.2) is 44.0 Å². The van der Waals surface area contributed by atoms with Crippen molar-refractivity contribution in [2.24, 2.45) is 0 Å². The van der Waals surface area contributed by atoms with E-state index in [1.165, 1.54) is 18.2 Å². The summed E-state index contributed by atoms with van der Waals surface area (Å²) in [5.74, 6) is -0.281. The van der Waals surface area contributed by atoms with Crippen molar-refractivity contribution in [2.75, 3.05) is 27.2 Å². The Morgan fingerprint density at radius 1 is 1.29 bits per heavy atom. The molecule has 0 unspecified atom stereocenters. The maximum Gasteiger partial charge on any atom is 0.305 e. The lowest BCUT2D eigenvalue weighted by molar-refractivity contribution is -0.140. The molecule has 5 nitrogen and oxygen atoms in total. The van der Waals surface area contributed by atoms with Gasteiger partial charge in [0, 0.05) is 19.5 Å². The van der Waals surface area contributed by atoms with Crippen LogP contribution >= 0.6 is 0 Å². The summed E-state index contributed by atoms with van der Waals surface area (Å²) in [6.07, 6.45) is 0.926. The molecule has 1 amide bonds. The van der Waals surface area contributed by atoms with Crippen LogP contribution < -0.4 is 5.32 Å². The van der Waals surface area contributed by atoms with E-state index in [4.69, 9.17) is 0 Å². The molecular formula is C16H24N2O3. The van der Waals surface area contributed by atoms with Crippen molar-refractivity contribution in [2.45, 2.75) is 26.3 Å². The average Bonchev–Trinajstić information content (AvgIpc) is 2.45. The molecule has 116 valence electrons. The Morgan fingerprint density at radius 3 is 2.67 bits per heavy atom. The molecule has 0 saturated carbocycles. The third kappa shape index (κ3) is 6.90. The molecule has 1 aromatic carbocycles. The number of ether oxygens (including phenoxy) is 1. The number of nitrogens with one attached hydrogen (secondary N) is 1. The molecule has 5 heteroatoms. The van der Waals surface area contributed by atoms with E-state index in [0.29, 0.717) is 25.9 Å². The maximum absolute atomic E-state index is 11.8. The van der Waals surface area contributed by atoms with Gasteiger partial charge >= 0.3 is 5.97 Å². The summed E-state index contributed by atoms with van der Waals surface area (Å²) in [6, 6.07) is 8.14. The van der Waals surface area contributed by atoms with Crippen LogP contribution in [0.15, 0.2) is 24.3 Å². The van der Waals surface area contributed by atoms with Crippen molar-refractivity contribution < 1.29 is 14.3 Å². The zero-order valence-corrected chi connectivity index (χ0v) is 13.0. The quantitative estimate of drug-likeness (QED) is 0.582. The van der Waals surface area contributed by atoms with Gasteiger partial charge in [0.25, 0.3) is 0 Å². The van der Waals surface area contributed by atoms with Gasteiger partial charge in [-0.25, -0.2) is 0 Å². The van der Waals surface area contributed by atoms with Gasteiger partial charge in [0.2, 0.25) is 5.91 Å². The Labute approximate surface area is 126 Å². The second-order valence-corrected chi connectivity index (χ2v) is 5.13. The van der Waals surface area contributed by atoms with Crippen molar-refractivity contribution in [3.8, 4) is 0 Å². The number of hydrogen-bond donors (Lipinski definition) is 1. The van der Waals surface area contributed by atoms with Crippen molar-refractivity contribution in [3.63, 3.8) is 0 Å². The second kappa shape index (κ2) is 9.13. The summed E-state index contributed by atoms with van der Waals surface area (Å²) >= 11 is 0. The third-order valence-corrected chi connectivity index (χ3v) is 3.22. The molecular weight excluding hydrogens is 268 g/mol. The normalized spacial score (nSPS) is 10.5. The Bertz CT molecular complexity index is 474. The minimum Gasteiger partial charge on any atom is -0.469 e. The SMILES string of the molecule is COC(=O)CCCNC(=O)CN(C)Cc1ccccc1C. The number of methoxy groups -OCH3 is 1. The number of amides is 1. The van der Waals surface area contributed by atoms with E-state index >= 15 is 0 Å². The van der Waals surface area contributed by atoms with Gasteiger partial charge in [-0.05, 0) is 31.5 Å². The topological polar surface area (TPSA) is 58.6 Å². The van der Waals surface area contributed by atoms with E-state index in [1.54, 1.807) is 0 Å². The van der Waals surface area contributed by atoms with Gasteiger partial charge in [-0.1, -0.05) is 24.3 Å². The highest BCUT2D eigenvalue weighted by atomic mass is 16.5. The zero-order chi connectivity index (χ0) is 15.7. The Hall–Kier alpha value is -1.88. The monoisotopic (exact) mass is 292 g/mol. The van der Waals surface area contributed by atoms with E-state index in [-0.39, 0.29) is 11.9 Å². The Balaban J connectivity index is 2.25. The summed E-state index contributed by atoms with van der Waals surface area (Å²) in [5, 5.41) is 2.81. The molecule has 0 aliphatic rings. The first-order valence-electron chi connectivity index (χ1n) is 7.09. The highest BCUT2D eigenvalue weighted by molar-refractivity contribution is 5.78. The summed E-state index contributed by atoms with van der Waals surface area (Å²) in [7, 11) is 3.28. The summed E-state index contributed by atoms with van der Waals surface area (Å²) in [4.78, 5) is 24.7. The molecule has 0 aliphatic carbocycles. The first-order chi connectivity index (χ1) is 10.0. The molecule has 1 rings (SSSR count). The summed E-state index contributed by atoms with van der Waals surface area (Å²) < 4.78 is 4.54. The Kier molecular flexibility index (Phi) is 7.46. The van der Waals surface area contributed by atoms with Crippen LogP contribution in [0.4, 0.5) is 0 Å². The van der Waals surface area contributed by atoms with Crippen molar-refractivity contribution in [3.05, 3.63) is 35.4 Å². The maximum atomic E-state index is 11.8. The highest BCUT2D eigenvalue weighted by Gasteiger charge is 2.08. The number of carbonyl (C=O) groups excluding carboxylic acids is 2. The van der Waals surface area contributed by atoms with E-state index in [1.807, 2.05) is 24.1 Å². The van der Waals surface area contributed by atoms with Crippen LogP contribution in [0.2, 0.25) is 0 Å². The van der Waals surface area contributed by atoms with Crippen LogP contribution in [0.3, 0.4) is 0 Å². The number of esters is 1. The fourth-order valence-corrected chi connectivity index (χ4v) is 2.00. The number of hydrogen-bond acceptors (Lipinski definition) is 4. The van der Waals surface area contributed by atoms with Crippen LogP contribution in [0.5, 0.6) is 0 Å². The molecule has 0 fully saturated rings. The molecule has 0 radical (unpaired) electrons. The molecule has 21 heavy (non-hydrogen) atoms. The summed E-state index contributed by atoms with van der Waals surface area (Å²) in [6.45, 7) is 3.64. The van der Waals surface area contributed by atoms with Crippen LogP contribution in [0.1, 0.15) is 24.0 Å². The second-order valence-electron chi connectivity index (χ2n) is 5.13. The molecule has 0 aliphatic heterocycles.